The molecule has 1 saturated carbocycles. The molecule has 0 spiro atoms. The molecule has 0 saturated heterocycles. The summed E-state index contributed by atoms with van der Waals surface area (Å²) in [6.45, 7) is 0. The Kier molecular flexibility index (Phi) is 2.74. The summed E-state index contributed by atoms with van der Waals surface area (Å²) in [5.41, 5.74) is 2.74. The Hall–Kier alpha value is -2.29. The van der Waals surface area contributed by atoms with Crippen LogP contribution in [-0.4, -0.2) is 10.8 Å². The van der Waals surface area contributed by atoms with E-state index in [1.54, 1.807) is 12.1 Å². The van der Waals surface area contributed by atoms with Crippen molar-refractivity contribution in [1.82, 2.24) is 0 Å². The Morgan fingerprint density at radius 2 is 1.81 bits per heavy atom. The third-order valence-electron chi connectivity index (χ3n) is 4.40. The molecule has 1 atom stereocenters. The van der Waals surface area contributed by atoms with Gasteiger partial charge < -0.3 is 9.84 Å². The van der Waals surface area contributed by atoms with Crippen molar-refractivity contribution in [1.29, 1.82) is 0 Å². The molecule has 2 aromatic rings. The maximum atomic E-state index is 10.0. The van der Waals surface area contributed by atoms with Gasteiger partial charge in [0.1, 0.15) is 0 Å². The second kappa shape index (κ2) is 4.62. The molecule has 3 heteroatoms. The van der Waals surface area contributed by atoms with Crippen LogP contribution in [0.4, 0.5) is 5.69 Å². The zero-order chi connectivity index (χ0) is 14.3. The fourth-order valence-corrected chi connectivity index (χ4v) is 3.40. The van der Waals surface area contributed by atoms with E-state index in [1.807, 2.05) is 30.3 Å². The van der Waals surface area contributed by atoms with E-state index in [1.165, 1.54) is 0 Å². The van der Waals surface area contributed by atoms with Crippen LogP contribution in [0.1, 0.15) is 31.2 Å². The van der Waals surface area contributed by atoms with E-state index in [2.05, 4.69) is 6.07 Å². The summed E-state index contributed by atoms with van der Waals surface area (Å²) in [6.07, 6.45) is 4.14. The molecule has 0 aromatic heterocycles. The van der Waals surface area contributed by atoms with Gasteiger partial charge in [0.25, 0.3) is 0 Å². The molecule has 0 amide bonds. The predicted octanol–water partition coefficient (Wildman–Crippen LogP) is 4.33. The smallest absolute Gasteiger partial charge is 0.174 e. The number of benzene rings is 2. The monoisotopic (exact) mass is 279 g/mol. The van der Waals surface area contributed by atoms with Gasteiger partial charge >= 0.3 is 0 Å². The van der Waals surface area contributed by atoms with Crippen molar-refractivity contribution in [2.75, 3.05) is 0 Å². The fourth-order valence-electron chi connectivity index (χ4n) is 3.40. The molecule has 3 nitrogen and oxygen atoms in total. The molecule has 1 unspecified atom stereocenters. The van der Waals surface area contributed by atoms with Crippen LogP contribution in [-0.2, 0) is 5.60 Å². The summed E-state index contributed by atoms with van der Waals surface area (Å²) in [6, 6.07) is 15.3. The van der Waals surface area contributed by atoms with Crippen LogP contribution in [0, 0.1) is 0 Å². The lowest BCUT2D eigenvalue weighted by molar-refractivity contribution is 0.116. The van der Waals surface area contributed by atoms with E-state index in [-0.39, 0.29) is 5.75 Å². The van der Waals surface area contributed by atoms with E-state index < -0.39 is 5.60 Å². The molecule has 0 bridgehead atoms. The minimum atomic E-state index is -0.492. The van der Waals surface area contributed by atoms with Gasteiger partial charge in [0, 0.05) is 5.56 Å². The van der Waals surface area contributed by atoms with Crippen molar-refractivity contribution in [3.8, 4) is 11.5 Å². The number of phenolic OH excluding ortho intramolecular Hbond substituents is 1. The number of hydrogen-bond acceptors (Lipinski definition) is 3. The third kappa shape index (κ3) is 1.84. The van der Waals surface area contributed by atoms with E-state index in [9.17, 15) is 5.11 Å². The normalized spacial score (nSPS) is 23.1. The van der Waals surface area contributed by atoms with Gasteiger partial charge in [-0.15, -0.1) is 0 Å². The second-order valence-electron chi connectivity index (χ2n) is 5.68. The van der Waals surface area contributed by atoms with Gasteiger partial charge in [0.2, 0.25) is 0 Å². The minimum Gasteiger partial charge on any atom is -0.504 e. The van der Waals surface area contributed by atoms with Gasteiger partial charge in [-0.3, -0.25) is 4.99 Å². The first kappa shape index (κ1) is 12.5. The Balaban J connectivity index is 1.83. The number of hydrogen-bond donors (Lipinski definition) is 1. The van der Waals surface area contributed by atoms with Crippen molar-refractivity contribution in [3.63, 3.8) is 0 Å². The maximum absolute atomic E-state index is 10.0. The number of para-hydroxylation sites is 3. The molecule has 1 heterocycles. The summed E-state index contributed by atoms with van der Waals surface area (Å²) in [4.78, 5) is 4.78. The van der Waals surface area contributed by atoms with E-state index in [4.69, 9.17) is 9.73 Å². The van der Waals surface area contributed by atoms with E-state index >= 15 is 0 Å². The first-order valence-corrected chi connectivity index (χ1v) is 7.44. The number of ether oxygens (including phenoxy) is 1. The van der Waals surface area contributed by atoms with Crippen LogP contribution in [0.25, 0.3) is 0 Å². The lowest BCUT2D eigenvalue weighted by Crippen LogP contribution is -2.41. The summed E-state index contributed by atoms with van der Waals surface area (Å²) < 4.78 is 6.34. The van der Waals surface area contributed by atoms with Crippen LogP contribution in [0.15, 0.2) is 53.5 Å². The largest absolute Gasteiger partial charge is 0.504 e. The van der Waals surface area contributed by atoms with Gasteiger partial charge in [-0.1, -0.05) is 30.3 Å². The summed E-state index contributed by atoms with van der Waals surface area (Å²) in [7, 11) is 0. The van der Waals surface area contributed by atoms with Crippen LogP contribution >= 0.6 is 0 Å². The number of rotatable bonds is 2. The first-order valence-electron chi connectivity index (χ1n) is 7.44. The molecule has 106 valence electrons. The van der Waals surface area contributed by atoms with Crippen molar-refractivity contribution in [2.45, 2.75) is 31.3 Å². The molecule has 2 aliphatic rings. The molecule has 0 radical (unpaired) electrons. The Bertz CT molecular complexity index is 723. The Morgan fingerprint density at radius 3 is 2.71 bits per heavy atom. The minimum absolute atomic E-state index is 0.182. The van der Waals surface area contributed by atoms with Gasteiger partial charge in [-0.05, 0) is 43.9 Å². The highest BCUT2D eigenvalue weighted by molar-refractivity contribution is 6.01. The molecule has 1 aliphatic heterocycles. The fraction of sp³-hybridized carbons (Fsp3) is 0.278. The van der Waals surface area contributed by atoms with Crippen LogP contribution in [0.5, 0.6) is 11.5 Å². The van der Waals surface area contributed by atoms with Crippen molar-refractivity contribution >= 4 is 11.4 Å². The topological polar surface area (TPSA) is 41.8 Å². The van der Waals surface area contributed by atoms with Gasteiger partial charge in [-0.2, -0.15) is 0 Å². The molecule has 4 rings (SSSR count). The molecular weight excluding hydrogens is 262 g/mol. The molecule has 1 aliphatic carbocycles. The lowest BCUT2D eigenvalue weighted by Gasteiger charge is -2.36. The molecule has 1 fully saturated rings. The van der Waals surface area contributed by atoms with Crippen LogP contribution in [0.3, 0.4) is 0 Å². The summed E-state index contributed by atoms with van der Waals surface area (Å²) >= 11 is 0. The second-order valence-corrected chi connectivity index (χ2v) is 5.68. The highest BCUT2D eigenvalue weighted by atomic mass is 16.5. The number of nitrogens with zero attached hydrogens (tertiary/aromatic N) is 1. The number of aliphatic imine (C=N–C) groups is 1. The zero-order valence-electron chi connectivity index (χ0n) is 11.7. The number of fused-ring (bicyclic) bond motifs is 3. The van der Waals surface area contributed by atoms with E-state index in [0.29, 0.717) is 5.75 Å². The molecule has 2 aromatic carbocycles. The van der Waals surface area contributed by atoms with Crippen molar-refractivity contribution < 1.29 is 9.84 Å². The summed E-state index contributed by atoms with van der Waals surface area (Å²) in [5, 5.41) is 10.0. The van der Waals surface area contributed by atoms with Crippen LogP contribution in [0.2, 0.25) is 0 Å². The molecule has 21 heavy (non-hydrogen) atoms. The highest BCUT2D eigenvalue weighted by Gasteiger charge is 2.47. The first-order chi connectivity index (χ1) is 10.3. The number of aromatic hydroxyl groups is 1. The van der Waals surface area contributed by atoms with E-state index in [0.717, 1.165) is 42.6 Å². The summed E-state index contributed by atoms with van der Waals surface area (Å²) in [5.74, 6) is 0.713. The SMILES string of the molecule is Oc1ccccc1OC12CCCCC1=Nc1ccccc12. The third-order valence-corrected chi connectivity index (χ3v) is 4.40. The average Bonchev–Trinajstić information content (AvgIpc) is 2.84. The van der Waals surface area contributed by atoms with Gasteiger partial charge in [0.05, 0.1) is 11.4 Å². The number of phenols is 1. The van der Waals surface area contributed by atoms with Crippen LogP contribution < -0.4 is 4.74 Å². The Labute approximate surface area is 123 Å². The maximum Gasteiger partial charge on any atom is 0.174 e. The van der Waals surface area contributed by atoms with Gasteiger partial charge in [0.15, 0.2) is 17.1 Å². The molecular formula is C18H17NO2. The lowest BCUT2D eigenvalue weighted by atomic mass is 9.79. The van der Waals surface area contributed by atoms with Crippen molar-refractivity contribution in [2.24, 2.45) is 4.99 Å². The highest BCUT2D eigenvalue weighted by Crippen LogP contribution is 2.49. The predicted molar refractivity (Wildman–Crippen MR) is 82.4 cm³/mol. The average molecular weight is 279 g/mol. The quantitative estimate of drug-likeness (QED) is 0.889. The molecule has 1 N–H and O–H groups in total. The van der Waals surface area contributed by atoms with Crippen molar-refractivity contribution in [3.05, 3.63) is 54.1 Å². The Morgan fingerprint density at radius 1 is 1.00 bits per heavy atom. The van der Waals surface area contributed by atoms with Gasteiger partial charge in [-0.25, -0.2) is 0 Å². The zero-order valence-corrected chi connectivity index (χ0v) is 11.7. The standard InChI is InChI=1S/C18H17NO2/c20-15-9-3-4-10-16(15)21-18-12-6-5-11-17(18)19-14-8-2-1-7-13(14)18/h1-4,7-10,20H,5-6,11-12H2.